The lowest BCUT2D eigenvalue weighted by molar-refractivity contribution is 0.628. The van der Waals surface area contributed by atoms with Gasteiger partial charge in [-0.2, -0.15) is 0 Å². The van der Waals surface area contributed by atoms with E-state index >= 15 is 0 Å². The van der Waals surface area contributed by atoms with Crippen molar-refractivity contribution in [2.24, 2.45) is 0 Å². The second-order valence-electron chi connectivity index (χ2n) is 5.59. The summed E-state index contributed by atoms with van der Waals surface area (Å²) in [5.74, 6) is -0.298. The van der Waals surface area contributed by atoms with E-state index in [0.717, 1.165) is 22.5 Å². The highest BCUT2D eigenvalue weighted by atomic mass is 19.1. The van der Waals surface area contributed by atoms with Crippen molar-refractivity contribution in [1.82, 2.24) is 4.57 Å². The summed E-state index contributed by atoms with van der Waals surface area (Å²) in [5.41, 5.74) is 3.27. The van der Waals surface area contributed by atoms with Gasteiger partial charge in [-0.1, -0.05) is 30.3 Å². The van der Waals surface area contributed by atoms with E-state index < -0.39 is 0 Å². The SMILES string of the molecule is O=c1cc(-c2ccc(F)cc2)n(-c2ccccc2)c2ccccc12. The lowest BCUT2D eigenvalue weighted by Gasteiger charge is -2.17. The number of nitrogens with zero attached hydrogens (tertiary/aromatic N) is 1. The van der Waals surface area contributed by atoms with Gasteiger partial charge in [-0.25, -0.2) is 4.39 Å². The maximum atomic E-state index is 13.3. The Balaban J connectivity index is 2.13. The van der Waals surface area contributed by atoms with Crippen LogP contribution in [0.1, 0.15) is 0 Å². The first kappa shape index (κ1) is 14.4. The minimum Gasteiger partial charge on any atom is -0.309 e. The Bertz CT molecular complexity index is 1070. The second-order valence-corrected chi connectivity index (χ2v) is 5.59. The lowest BCUT2D eigenvalue weighted by Crippen LogP contribution is -2.10. The van der Waals surface area contributed by atoms with E-state index in [9.17, 15) is 9.18 Å². The van der Waals surface area contributed by atoms with Gasteiger partial charge in [-0.05, 0) is 54.1 Å². The zero-order valence-corrected chi connectivity index (χ0v) is 12.8. The van der Waals surface area contributed by atoms with Crippen molar-refractivity contribution >= 4 is 10.9 Å². The quantitative estimate of drug-likeness (QED) is 0.521. The molecule has 0 unspecified atom stereocenters. The standard InChI is InChI=1S/C21H14FNO/c22-16-12-10-15(11-13-16)20-14-21(24)18-8-4-5-9-19(18)23(20)17-6-2-1-3-7-17/h1-14H. The van der Waals surface area contributed by atoms with Crippen LogP contribution in [-0.2, 0) is 0 Å². The van der Waals surface area contributed by atoms with Crippen molar-refractivity contribution in [3.8, 4) is 16.9 Å². The summed E-state index contributed by atoms with van der Waals surface area (Å²) in [6.07, 6.45) is 0. The van der Waals surface area contributed by atoms with Crippen LogP contribution in [0.15, 0.2) is 89.7 Å². The molecule has 1 heterocycles. The van der Waals surface area contributed by atoms with Crippen LogP contribution < -0.4 is 5.43 Å². The van der Waals surface area contributed by atoms with Gasteiger partial charge in [0, 0.05) is 17.1 Å². The molecule has 4 aromatic rings. The van der Waals surface area contributed by atoms with E-state index in [1.165, 1.54) is 12.1 Å². The number of hydrogen-bond donors (Lipinski definition) is 0. The van der Waals surface area contributed by atoms with Crippen molar-refractivity contribution in [3.63, 3.8) is 0 Å². The van der Waals surface area contributed by atoms with Crippen LogP contribution in [0.3, 0.4) is 0 Å². The molecule has 0 saturated heterocycles. The molecule has 0 N–H and O–H groups in total. The number of aromatic nitrogens is 1. The molecule has 0 spiro atoms. The molecular formula is C21H14FNO. The van der Waals surface area contributed by atoms with E-state index in [2.05, 4.69) is 0 Å². The fourth-order valence-electron chi connectivity index (χ4n) is 2.96. The largest absolute Gasteiger partial charge is 0.309 e. The average Bonchev–Trinajstić information content (AvgIpc) is 2.63. The van der Waals surface area contributed by atoms with Crippen molar-refractivity contribution in [2.75, 3.05) is 0 Å². The predicted octanol–water partition coefficient (Wildman–Crippen LogP) is 4.80. The normalized spacial score (nSPS) is 10.9. The van der Waals surface area contributed by atoms with Crippen LogP contribution >= 0.6 is 0 Å². The Labute approximate surface area is 138 Å². The number of pyridine rings is 1. The maximum Gasteiger partial charge on any atom is 0.190 e. The van der Waals surface area contributed by atoms with E-state index in [1.807, 2.05) is 59.2 Å². The molecule has 0 fully saturated rings. The fraction of sp³-hybridized carbons (Fsp3) is 0. The molecule has 0 amide bonds. The summed E-state index contributed by atoms with van der Waals surface area (Å²) in [4.78, 5) is 12.5. The van der Waals surface area contributed by atoms with E-state index in [-0.39, 0.29) is 11.2 Å². The maximum absolute atomic E-state index is 13.3. The van der Waals surface area contributed by atoms with Crippen LogP contribution in [0.5, 0.6) is 0 Å². The Morgan fingerprint density at radius 2 is 1.42 bits per heavy atom. The third-order valence-electron chi connectivity index (χ3n) is 4.07. The smallest absolute Gasteiger partial charge is 0.190 e. The summed E-state index contributed by atoms with van der Waals surface area (Å²) in [5, 5.41) is 0.659. The third-order valence-corrected chi connectivity index (χ3v) is 4.07. The number of rotatable bonds is 2. The monoisotopic (exact) mass is 315 g/mol. The van der Waals surface area contributed by atoms with Gasteiger partial charge in [-0.15, -0.1) is 0 Å². The number of halogens is 1. The first-order valence-corrected chi connectivity index (χ1v) is 7.70. The molecule has 0 saturated carbocycles. The minimum atomic E-state index is -0.298. The fourth-order valence-corrected chi connectivity index (χ4v) is 2.96. The van der Waals surface area contributed by atoms with Crippen LogP contribution in [0.25, 0.3) is 27.8 Å². The molecule has 4 rings (SSSR count). The molecule has 2 nitrogen and oxygen atoms in total. The molecule has 0 bridgehead atoms. The molecule has 0 aliphatic rings. The summed E-state index contributed by atoms with van der Waals surface area (Å²) in [7, 11) is 0. The summed E-state index contributed by atoms with van der Waals surface area (Å²) in [6.45, 7) is 0. The molecule has 0 aliphatic carbocycles. The molecule has 3 heteroatoms. The van der Waals surface area contributed by atoms with Gasteiger partial charge in [0.25, 0.3) is 0 Å². The molecule has 116 valence electrons. The third kappa shape index (κ3) is 2.40. The summed E-state index contributed by atoms with van der Waals surface area (Å²) in [6, 6.07) is 25.2. The molecule has 0 radical (unpaired) electrons. The highest BCUT2D eigenvalue weighted by Gasteiger charge is 2.12. The second kappa shape index (κ2) is 5.78. The van der Waals surface area contributed by atoms with Gasteiger partial charge in [0.15, 0.2) is 5.43 Å². The number of benzene rings is 3. The summed E-state index contributed by atoms with van der Waals surface area (Å²) >= 11 is 0. The van der Waals surface area contributed by atoms with Gasteiger partial charge in [0.05, 0.1) is 11.2 Å². The number of hydrogen-bond acceptors (Lipinski definition) is 1. The topological polar surface area (TPSA) is 22.0 Å². The zero-order chi connectivity index (χ0) is 16.5. The Hall–Kier alpha value is -3.20. The van der Waals surface area contributed by atoms with Crippen LogP contribution in [0, 0.1) is 5.82 Å². The van der Waals surface area contributed by atoms with Gasteiger partial charge >= 0.3 is 0 Å². The molecule has 0 atom stereocenters. The Morgan fingerprint density at radius 3 is 2.17 bits per heavy atom. The summed E-state index contributed by atoms with van der Waals surface area (Å²) < 4.78 is 15.3. The highest BCUT2D eigenvalue weighted by molar-refractivity contribution is 5.84. The molecular weight excluding hydrogens is 301 g/mol. The molecule has 1 aromatic heterocycles. The zero-order valence-electron chi connectivity index (χ0n) is 12.8. The van der Waals surface area contributed by atoms with E-state index in [0.29, 0.717) is 5.39 Å². The van der Waals surface area contributed by atoms with Gasteiger partial charge in [0.2, 0.25) is 0 Å². The minimum absolute atomic E-state index is 0.0443. The molecule has 0 aliphatic heterocycles. The van der Waals surface area contributed by atoms with Crippen LogP contribution in [0.2, 0.25) is 0 Å². The van der Waals surface area contributed by atoms with E-state index in [4.69, 9.17) is 0 Å². The highest BCUT2D eigenvalue weighted by Crippen LogP contribution is 2.26. The predicted molar refractivity (Wildman–Crippen MR) is 94.9 cm³/mol. The van der Waals surface area contributed by atoms with Gasteiger partial charge in [-0.3, -0.25) is 4.79 Å². The van der Waals surface area contributed by atoms with Crippen LogP contribution in [0.4, 0.5) is 4.39 Å². The first-order valence-electron chi connectivity index (χ1n) is 7.70. The van der Waals surface area contributed by atoms with Gasteiger partial charge < -0.3 is 4.57 Å². The van der Waals surface area contributed by atoms with Crippen LogP contribution in [-0.4, -0.2) is 4.57 Å². The first-order chi connectivity index (χ1) is 11.7. The number of fused-ring (bicyclic) bond motifs is 1. The van der Waals surface area contributed by atoms with Crippen molar-refractivity contribution < 1.29 is 4.39 Å². The molecule has 24 heavy (non-hydrogen) atoms. The van der Waals surface area contributed by atoms with Crippen molar-refractivity contribution in [2.45, 2.75) is 0 Å². The van der Waals surface area contributed by atoms with E-state index in [1.54, 1.807) is 18.2 Å². The molecule has 3 aromatic carbocycles. The van der Waals surface area contributed by atoms with Gasteiger partial charge in [0.1, 0.15) is 5.82 Å². The van der Waals surface area contributed by atoms with Crippen molar-refractivity contribution in [1.29, 1.82) is 0 Å². The Kier molecular flexibility index (Phi) is 3.47. The number of para-hydroxylation sites is 2. The Morgan fingerprint density at radius 1 is 0.750 bits per heavy atom. The van der Waals surface area contributed by atoms with Crippen molar-refractivity contribution in [3.05, 3.63) is 101 Å². The lowest BCUT2D eigenvalue weighted by atomic mass is 10.1. The average molecular weight is 315 g/mol.